The summed E-state index contributed by atoms with van der Waals surface area (Å²) in [4.78, 5) is 19.9. The molecule has 3 N–H and O–H groups in total. The molecule has 0 aliphatic heterocycles. The summed E-state index contributed by atoms with van der Waals surface area (Å²) in [6.07, 6.45) is 2.72. The fourth-order valence-electron chi connectivity index (χ4n) is 2.81. The van der Waals surface area contributed by atoms with Crippen LogP contribution in [0.5, 0.6) is 0 Å². The molecule has 0 aliphatic rings. The van der Waals surface area contributed by atoms with Crippen LogP contribution in [0.1, 0.15) is 24.2 Å². The van der Waals surface area contributed by atoms with Crippen molar-refractivity contribution < 1.29 is 19.8 Å². The predicted molar refractivity (Wildman–Crippen MR) is 102 cm³/mol. The highest BCUT2D eigenvalue weighted by molar-refractivity contribution is 5.84. The van der Waals surface area contributed by atoms with E-state index in [2.05, 4.69) is 9.97 Å². The van der Waals surface area contributed by atoms with Gasteiger partial charge in [0.15, 0.2) is 5.60 Å². The minimum atomic E-state index is -1.74. The zero-order valence-corrected chi connectivity index (χ0v) is 15.3. The van der Waals surface area contributed by atoms with Crippen LogP contribution < -0.4 is 5.48 Å². The molecule has 28 heavy (non-hydrogen) atoms. The van der Waals surface area contributed by atoms with E-state index < -0.39 is 17.6 Å². The van der Waals surface area contributed by atoms with Crippen LogP contribution in [0.15, 0.2) is 73.3 Å². The molecule has 0 aliphatic carbocycles. The first kappa shape index (κ1) is 19.6. The number of aromatic nitrogens is 2. The van der Waals surface area contributed by atoms with Crippen molar-refractivity contribution >= 4 is 5.91 Å². The van der Waals surface area contributed by atoms with Gasteiger partial charge in [0.1, 0.15) is 12.4 Å². The van der Waals surface area contributed by atoms with Crippen molar-refractivity contribution in [2.45, 2.75) is 25.2 Å². The van der Waals surface area contributed by atoms with Crippen LogP contribution in [0.25, 0.3) is 11.1 Å². The van der Waals surface area contributed by atoms with Gasteiger partial charge in [0.25, 0.3) is 5.91 Å². The zero-order chi connectivity index (χ0) is 20.0. The summed E-state index contributed by atoms with van der Waals surface area (Å²) in [6, 6.07) is 17.6. The smallest absolute Gasteiger partial charge is 0.278 e. The van der Waals surface area contributed by atoms with Crippen LogP contribution >= 0.6 is 0 Å². The number of nitrogens with one attached hydrogen (secondary N) is 1. The van der Waals surface area contributed by atoms with Gasteiger partial charge in [-0.2, -0.15) is 0 Å². The molecular weight excluding hydrogens is 358 g/mol. The molecule has 2 aromatic carbocycles. The van der Waals surface area contributed by atoms with Gasteiger partial charge in [-0.1, -0.05) is 54.6 Å². The van der Waals surface area contributed by atoms with Crippen LogP contribution in [0.4, 0.5) is 0 Å². The first-order valence-corrected chi connectivity index (χ1v) is 8.70. The normalized spacial score (nSPS) is 14.1. The third kappa shape index (κ3) is 4.23. The molecule has 3 aromatic rings. The SMILES string of the molecule is CC(OCc1ccc(-c2ccccc2)cc1)(C(=O)NO)C(O)c1cncnc1. The van der Waals surface area contributed by atoms with Crippen LogP contribution in [0, 0.1) is 0 Å². The first-order chi connectivity index (χ1) is 13.5. The number of amides is 1. The summed E-state index contributed by atoms with van der Waals surface area (Å²) >= 11 is 0. The Morgan fingerprint density at radius 2 is 1.68 bits per heavy atom. The monoisotopic (exact) mass is 379 g/mol. The summed E-state index contributed by atoms with van der Waals surface area (Å²) in [5.74, 6) is -0.871. The van der Waals surface area contributed by atoms with Gasteiger partial charge in [0.2, 0.25) is 0 Å². The fourth-order valence-corrected chi connectivity index (χ4v) is 2.81. The van der Waals surface area contributed by atoms with Crippen LogP contribution in [-0.4, -0.2) is 31.8 Å². The standard InChI is InChI=1S/C21H21N3O4/c1-21(20(26)24-27,19(25)18-11-22-14-23-12-18)28-13-15-7-9-17(10-8-15)16-5-3-2-4-6-16/h2-12,14,19,25,27H,13H2,1H3,(H,24,26). The van der Waals surface area contributed by atoms with Crippen LogP contribution in [0.3, 0.4) is 0 Å². The minimum Gasteiger partial charge on any atom is -0.385 e. The fraction of sp³-hybridized carbons (Fsp3) is 0.190. The Morgan fingerprint density at radius 1 is 1.07 bits per heavy atom. The van der Waals surface area contributed by atoms with Gasteiger partial charge in [0.05, 0.1) is 6.61 Å². The van der Waals surface area contributed by atoms with Gasteiger partial charge in [-0.05, 0) is 23.6 Å². The summed E-state index contributed by atoms with van der Waals surface area (Å²) in [7, 11) is 0. The van der Waals surface area contributed by atoms with Gasteiger partial charge < -0.3 is 9.84 Å². The highest BCUT2D eigenvalue weighted by Gasteiger charge is 2.43. The number of nitrogens with zero attached hydrogens (tertiary/aromatic N) is 2. The molecule has 0 saturated carbocycles. The van der Waals surface area contributed by atoms with E-state index >= 15 is 0 Å². The van der Waals surface area contributed by atoms with E-state index in [-0.39, 0.29) is 6.61 Å². The lowest BCUT2D eigenvalue weighted by Gasteiger charge is -2.32. The van der Waals surface area contributed by atoms with E-state index in [0.29, 0.717) is 5.56 Å². The summed E-state index contributed by atoms with van der Waals surface area (Å²) < 4.78 is 5.75. The molecule has 144 valence electrons. The molecule has 2 unspecified atom stereocenters. The van der Waals surface area contributed by atoms with E-state index in [1.165, 1.54) is 25.6 Å². The molecule has 7 heteroatoms. The van der Waals surface area contributed by atoms with Crippen molar-refractivity contribution in [1.29, 1.82) is 0 Å². The third-order valence-electron chi connectivity index (χ3n) is 4.57. The number of carbonyl (C=O) groups is 1. The second-order valence-electron chi connectivity index (χ2n) is 6.47. The molecule has 2 atom stereocenters. The Labute approximate surface area is 162 Å². The predicted octanol–water partition coefficient (Wildman–Crippen LogP) is 2.66. The highest BCUT2D eigenvalue weighted by atomic mass is 16.5. The van der Waals surface area contributed by atoms with Crippen molar-refractivity contribution in [3.8, 4) is 11.1 Å². The number of rotatable bonds is 7. The molecule has 0 radical (unpaired) electrons. The minimum absolute atomic E-state index is 0.0593. The Kier molecular flexibility index (Phi) is 6.10. The highest BCUT2D eigenvalue weighted by Crippen LogP contribution is 2.30. The number of hydrogen-bond donors (Lipinski definition) is 3. The number of aliphatic hydroxyl groups excluding tert-OH is 1. The number of aliphatic hydroxyl groups is 1. The van der Waals surface area contributed by atoms with E-state index in [9.17, 15) is 9.90 Å². The second kappa shape index (κ2) is 8.71. The lowest BCUT2D eigenvalue weighted by atomic mass is 9.93. The molecule has 7 nitrogen and oxygen atoms in total. The Balaban J connectivity index is 1.76. The maximum Gasteiger partial charge on any atom is 0.278 e. The Bertz CT molecular complexity index is 904. The molecular formula is C21H21N3O4. The molecule has 0 fully saturated rings. The number of ether oxygens (including phenoxy) is 1. The summed E-state index contributed by atoms with van der Waals surface area (Å²) in [5.41, 5.74) is 3.09. The van der Waals surface area contributed by atoms with Gasteiger partial charge >= 0.3 is 0 Å². The van der Waals surface area contributed by atoms with Gasteiger partial charge in [0, 0.05) is 18.0 Å². The average Bonchev–Trinajstić information content (AvgIpc) is 2.78. The third-order valence-corrected chi connectivity index (χ3v) is 4.57. The maximum atomic E-state index is 12.2. The van der Waals surface area contributed by atoms with Gasteiger partial charge in [-0.25, -0.2) is 15.4 Å². The largest absolute Gasteiger partial charge is 0.385 e. The topological polar surface area (TPSA) is 105 Å². The van der Waals surface area contributed by atoms with Gasteiger partial charge in [-0.3, -0.25) is 10.0 Å². The quantitative estimate of drug-likeness (QED) is 0.431. The van der Waals surface area contributed by atoms with E-state index in [4.69, 9.17) is 9.94 Å². The molecule has 1 amide bonds. The van der Waals surface area contributed by atoms with Crippen molar-refractivity contribution in [1.82, 2.24) is 15.4 Å². The van der Waals surface area contributed by atoms with E-state index in [1.54, 1.807) is 5.48 Å². The molecule has 0 bridgehead atoms. The van der Waals surface area contributed by atoms with E-state index in [0.717, 1.165) is 16.7 Å². The van der Waals surface area contributed by atoms with E-state index in [1.807, 2.05) is 54.6 Å². The average molecular weight is 379 g/mol. The maximum absolute atomic E-state index is 12.2. The number of hydroxylamine groups is 1. The Hall–Kier alpha value is -3.13. The first-order valence-electron chi connectivity index (χ1n) is 8.70. The van der Waals surface area contributed by atoms with Gasteiger partial charge in [-0.15, -0.1) is 0 Å². The lowest BCUT2D eigenvalue weighted by Crippen LogP contribution is -2.50. The number of benzene rings is 2. The molecule has 0 spiro atoms. The van der Waals surface area contributed by atoms with Crippen LogP contribution in [-0.2, 0) is 16.1 Å². The molecule has 0 saturated heterocycles. The zero-order valence-electron chi connectivity index (χ0n) is 15.3. The van der Waals surface area contributed by atoms with Crippen molar-refractivity contribution in [3.63, 3.8) is 0 Å². The lowest BCUT2D eigenvalue weighted by molar-refractivity contribution is -0.173. The van der Waals surface area contributed by atoms with Crippen LogP contribution in [0.2, 0.25) is 0 Å². The van der Waals surface area contributed by atoms with Crippen molar-refractivity contribution in [2.75, 3.05) is 0 Å². The number of carbonyl (C=O) groups excluding carboxylic acids is 1. The molecule has 3 rings (SSSR count). The number of hydrogen-bond acceptors (Lipinski definition) is 6. The van der Waals surface area contributed by atoms with Crippen molar-refractivity contribution in [3.05, 3.63) is 84.4 Å². The summed E-state index contributed by atoms with van der Waals surface area (Å²) in [5, 5.41) is 19.7. The molecule has 1 aromatic heterocycles. The van der Waals surface area contributed by atoms with Crippen molar-refractivity contribution in [2.24, 2.45) is 0 Å². The Morgan fingerprint density at radius 3 is 2.29 bits per heavy atom. The molecule has 1 heterocycles. The second-order valence-corrected chi connectivity index (χ2v) is 6.47. The summed E-state index contributed by atoms with van der Waals surface area (Å²) in [6.45, 7) is 1.46.